The van der Waals surface area contributed by atoms with Crippen molar-refractivity contribution in [3.63, 3.8) is 0 Å². The molecule has 1 aromatic heterocycles. The van der Waals surface area contributed by atoms with Crippen LogP contribution in [0.15, 0.2) is 9.21 Å². The number of aromatic nitrogens is 2. The van der Waals surface area contributed by atoms with Crippen LogP contribution in [0.4, 0.5) is 0 Å². The van der Waals surface area contributed by atoms with Gasteiger partial charge in [-0.15, -0.1) is 0 Å². The molecule has 1 aromatic rings. The fraction of sp³-hybridized carbons (Fsp3) is 0.727. The van der Waals surface area contributed by atoms with Gasteiger partial charge in [0.2, 0.25) is 0 Å². The summed E-state index contributed by atoms with van der Waals surface area (Å²) < 4.78 is 4.09. The first-order chi connectivity index (χ1) is 7.47. The SMILES string of the molecule is CC[C@@H](C)NCc1nc(Br)c(Br)n1C(C)C. The van der Waals surface area contributed by atoms with Crippen LogP contribution < -0.4 is 5.32 Å². The second kappa shape index (κ2) is 6.17. The lowest BCUT2D eigenvalue weighted by molar-refractivity contribution is 0.488. The Morgan fingerprint density at radius 1 is 1.31 bits per heavy atom. The Labute approximate surface area is 114 Å². The molecule has 0 spiro atoms. The molecule has 0 radical (unpaired) electrons. The molecule has 1 heterocycles. The average Bonchev–Trinajstić information content (AvgIpc) is 2.51. The predicted molar refractivity (Wildman–Crippen MR) is 74.6 cm³/mol. The highest BCUT2D eigenvalue weighted by molar-refractivity contribution is 9.13. The molecule has 3 nitrogen and oxygen atoms in total. The molecule has 1 rings (SSSR count). The van der Waals surface area contributed by atoms with Crippen LogP contribution in [-0.2, 0) is 6.54 Å². The fourth-order valence-electron chi connectivity index (χ4n) is 1.49. The van der Waals surface area contributed by atoms with Gasteiger partial charge in [-0.05, 0) is 59.1 Å². The van der Waals surface area contributed by atoms with Crippen molar-refractivity contribution in [1.29, 1.82) is 0 Å². The zero-order valence-electron chi connectivity index (χ0n) is 10.2. The van der Waals surface area contributed by atoms with Gasteiger partial charge >= 0.3 is 0 Å². The van der Waals surface area contributed by atoms with Crippen molar-refractivity contribution in [1.82, 2.24) is 14.9 Å². The van der Waals surface area contributed by atoms with Crippen molar-refractivity contribution in [2.45, 2.75) is 52.7 Å². The number of halogens is 2. The van der Waals surface area contributed by atoms with Gasteiger partial charge in [0.15, 0.2) is 0 Å². The molecule has 0 aliphatic rings. The van der Waals surface area contributed by atoms with Crippen molar-refractivity contribution in [3.05, 3.63) is 15.0 Å². The van der Waals surface area contributed by atoms with E-state index in [9.17, 15) is 0 Å². The minimum absolute atomic E-state index is 0.405. The maximum atomic E-state index is 4.51. The topological polar surface area (TPSA) is 29.9 Å². The number of imidazole rings is 1. The van der Waals surface area contributed by atoms with E-state index in [1.807, 2.05) is 0 Å². The summed E-state index contributed by atoms with van der Waals surface area (Å²) in [6.45, 7) is 9.49. The summed E-state index contributed by atoms with van der Waals surface area (Å²) in [5, 5.41) is 3.46. The van der Waals surface area contributed by atoms with Crippen LogP contribution in [0.3, 0.4) is 0 Å². The van der Waals surface area contributed by atoms with Gasteiger partial charge in [-0.2, -0.15) is 0 Å². The Morgan fingerprint density at radius 2 is 1.94 bits per heavy atom. The lowest BCUT2D eigenvalue weighted by atomic mass is 10.2. The second-order valence-corrected chi connectivity index (χ2v) is 5.77. The summed E-state index contributed by atoms with van der Waals surface area (Å²) in [5.74, 6) is 1.06. The zero-order chi connectivity index (χ0) is 12.3. The van der Waals surface area contributed by atoms with Crippen LogP contribution in [0.5, 0.6) is 0 Å². The van der Waals surface area contributed by atoms with Crippen molar-refractivity contribution in [2.75, 3.05) is 0 Å². The molecule has 16 heavy (non-hydrogen) atoms. The fourth-order valence-corrected chi connectivity index (χ4v) is 2.58. The normalized spacial score (nSPS) is 13.4. The van der Waals surface area contributed by atoms with E-state index in [1.165, 1.54) is 0 Å². The van der Waals surface area contributed by atoms with E-state index >= 15 is 0 Å². The van der Waals surface area contributed by atoms with Gasteiger partial charge < -0.3 is 9.88 Å². The molecule has 1 N–H and O–H groups in total. The molecule has 5 heteroatoms. The minimum Gasteiger partial charge on any atom is -0.318 e. The Balaban J connectivity index is 2.83. The zero-order valence-corrected chi connectivity index (χ0v) is 13.4. The smallest absolute Gasteiger partial charge is 0.139 e. The van der Waals surface area contributed by atoms with E-state index in [0.29, 0.717) is 12.1 Å². The molecule has 0 aliphatic heterocycles. The summed E-state index contributed by atoms with van der Waals surface area (Å²) in [6.07, 6.45) is 1.13. The highest BCUT2D eigenvalue weighted by Gasteiger charge is 2.15. The molecule has 92 valence electrons. The molecule has 0 aliphatic carbocycles. The number of rotatable bonds is 5. The molecule has 0 saturated heterocycles. The van der Waals surface area contributed by atoms with Crippen molar-refractivity contribution in [2.24, 2.45) is 0 Å². The van der Waals surface area contributed by atoms with Crippen molar-refractivity contribution >= 4 is 31.9 Å². The highest BCUT2D eigenvalue weighted by atomic mass is 79.9. The summed E-state index contributed by atoms with van der Waals surface area (Å²) in [4.78, 5) is 4.51. The average molecular weight is 353 g/mol. The Bertz CT molecular complexity index is 347. The van der Waals surface area contributed by atoms with Crippen LogP contribution in [0.1, 0.15) is 46.0 Å². The Hall–Kier alpha value is 0.130. The van der Waals surface area contributed by atoms with Crippen LogP contribution in [-0.4, -0.2) is 15.6 Å². The minimum atomic E-state index is 0.405. The van der Waals surface area contributed by atoms with E-state index < -0.39 is 0 Å². The highest BCUT2D eigenvalue weighted by Crippen LogP contribution is 2.27. The summed E-state index contributed by atoms with van der Waals surface area (Å²) in [6, 6.07) is 0.928. The van der Waals surface area contributed by atoms with Gasteiger partial charge in [-0.25, -0.2) is 4.98 Å². The molecule has 1 atom stereocenters. The van der Waals surface area contributed by atoms with Gasteiger partial charge in [0.1, 0.15) is 15.0 Å². The maximum Gasteiger partial charge on any atom is 0.139 e. The maximum absolute atomic E-state index is 4.51. The predicted octanol–water partition coefficient (Wildman–Crippen LogP) is 3.88. The Morgan fingerprint density at radius 3 is 2.44 bits per heavy atom. The monoisotopic (exact) mass is 351 g/mol. The van der Waals surface area contributed by atoms with E-state index in [1.54, 1.807) is 0 Å². The molecular formula is C11H19Br2N3. The van der Waals surface area contributed by atoms with E-state index in [2.05, 4.69) is 74.4 Å². The van der Waals surface area contributed by atoms with Crippen LogP contribution in [0.25, 0.3) is 0 Å². The third kappa shape index (κ3) is 3.31. The number of hydrogen-bond donors (Lipinski definition) is 1. The first-order valence-corrected chi connectivity index (χ1v) is 7.21. The molecule has 0 bridgehead atoms. The van der Waals surface area contributed by atoms with Gasteiger partial charge in [-0.3, -0.25) is 0 Å². The van der Waals surface area contributed by atoms with Crippen molar-refractivity contribution in [3.8, 4) is 0 Å². The summed E-state index contributed by atoms with van der Waals surface area (Å²) >= 11 is 7.00. The molecular weight excluding hydrogens is 334 g/mol. The first kappa shape index (κ1) is 14.2. The van der Waals surface area contributed by atoms with Crippen LogP contribution in [0.2, 0.25) is 0 Å². The molecule has 0 unspecified atom stereocenters. The quantitative estimate of drug-likeness (QED) is 0.871. The van der Waals surface area contributed by atoms with Crippen LogP contribution in [0, 0.1) is 0 Å². The molecule has 0 amide bonds. The van der Waals surface area contributed by atoms with E-state index in [-0.39, 0.29) is 0 Å². The lowest BCUT2D eigenvalue weighted by Crippen LogP contribution is -2.26. The van der Waals surface area contributed by atoms with Crippen molar-refractivity contribution < 1.29 is 0 Å². The number of nitrogens with zero attached hydrogens (tertiary/aromatic N) is 2. The number of nitrogens with one attached hydrogen (secondary N) is 1. The van der Waals surface area contributed by atoms with Gasteiger partial charge in [0, 0.05) is 12.1 Å². The largest absolute Gasteiger partial charge is 0.318 e. The van der Waals surface area contributed by atoms with Gasteiger partial charge in [-0.1, -0.05) is 6.92 Å². The molecule has 0 aromatic carbocycles. The third-order valence-corrected chi connectivity index (χ3v) is 4.47. The van der Waals surface area contributed by atoms with Crippen LogP contribution >= 0.6 is 31.9 Å². The van der Waals surface area contributed by atoms with E-state index in [4.69, 9.17) is 0 Å². The second-order valence-electron chi connectivity index (χ2n) is 4.26. The Kier molecular flexibility index (Phi) is 5.47. The third-order valence-electron chi connectivity index (χ3n) is 2.62. The summed E-state index contributed by atoms with van der Waals surface area (Å²) in [7, 11) is 0. The van der Waals surface area contributed by atoms with Gasteiger partial charge in [0.05, 0.1) is 6.54 Å². The molecule has 0 saturated carbocycles. The standard InChI is InChI=1S/C11H19Br2N3/c1-5-8(4)14-6-9-15-10(12)11(13)16(9)7(2)3/h7-8,14H,5-6H2,1-4H3/t8-/m1/s1. The van der Waals surface area contributed by atoms with E-state index in [0.717, 1.165) is 28.0 Å². The molecule has 0 fully saturated rings. The first-order valence-electron chi connectivity index (χ1n) is 5.62. The lowest BCUT2D eigenvalue weighted by Gasteiger charge is -2.15. The van der Waals surface area contributed by atoms with Gasteiger partial charge in [0.25, 0.3) is 0 Å². The summed E-state index contributed by atoms with van der Waals surface area (Å²) in [5.41, 5.74) is 0. The number of hydrogen-bond acceptors (Lipinski definition) is 2.